The van der Waals surface area contributed by atoms with E-state index in [1.807, 2.05) is 37.3 Å². The van der Waals surface area contributed by atoms with Crippen molar-refractivity contribution in [3.05, 3.63) is 364 Å². The standard InChI is InChI=1S/C97H64N2O2/c1-3-16-94-82(4-2)88-60-72(44-51-96(88)100-94)64-29-35-68(36-30-64)77-55-76(57-79(58-77)70-39-46-80(47-40-70)98-90-23-12-8-19-83(90)84-20-9-13-24-91(84)98)67-33-27-63(28-34-67)71-43-50-93-87(59-71)85-21-10-14-25-92(85)99(93)81-48-41-69(42-49-81)78-54-74(62-17-6-5-7-18-62)53-75(56-78)66-37-31-65(32-38-66)73-45-52-97-89(61-73)86-22-11-15-26-95(86)101-97/h3-61H,2H2,1H3/b16-3-. The SMILES string of the molecule is C=Cc1c(/C=C\C)oc2ccc(-c3ccc(-c4cc(-c5ccc(-c6ccc7c(c6)c6ccccc6n7-c6ccc(-c7cc(-c8ccccc8)cc(-c8ccc(-c9ccc%10oc%11ccccc%11c%10c9)cc8)c7)cc6)cc5)cc(-c5ccc(-n6c7ccccc7c7ccccc76)cc5)c4)cc3)cc12. The van der Waals surface area contributed by atoms with Crippen LogP contribution in [0.5, 0.6) is 0 Å². The van der Waals surface area contributed by atoms with E-state index in [4.69, 9.17) is 8.83 Å². The molecule has 4 aromatic heterocycles. The molecule has 0 atom stereocenters. The highest BCUT2D eigenvalue weighted by Crippen LogP contribution is 2.42. The molecule has 0 bridgehead atoms. The minimum atomic E-state index is 0.823. The van der Waals surface area contributed by atoms with Gasteiger partial charge >= 0.3 is 0 Å². The molecule has 0 radical (unpaired) electrons. The van der Waals surface area contributed by atoms with E-state index in [9.17, 15) is 0 Å². The van der Waals surface area contributed by atoms with Gasteiger partial charge in [-0.1, -0.05) is 237 Å². The first-order chi connectivity index (χ1) is 49.9. The molecule has 19 rings (SSSR count). The number of rotatable bonds is 13. The molecular formula is C97H64N2O2. The molecule has 19 aromatic rings. The van der Waals surface area contributed by atoms with Gasteiger partial charge in [0.25, 0.3) is 0 Å². The van der Waals surface area contributed by atoms with Gasteiger partial charge in [-0.25, -0.2) is 0 Å². The van der Waals surface area contributed by atoms with Gasteiger partial charge in [-0.15, -0.1) is 0 Å². The zero-order valence-corrected chi connectivity index (χ0v) is 55.5. The average molecular weight is 1290 g/mol. The number of para-hydroxylation sites is 4. The van der Waals surface area contributed by atoms with E-state index < -0.39 is 0 Å². The van der Waals surface area contributed by atoms with Gasteiger partial charge in [0.15, 0.2) is 0 Å². The molecule has 0 aliphatic carbocycles. The Kier molecular flexibility index (Phi) is 14.2. The van der Waals surface area contributed by atoms with Crippen LogP contribution in [0.3, 0.4) is 0 Å². The van der Waals surface area contributed by atoms with Crippen LogP contribution in [0.25, 0.3) is 200 Å². The van der Waals surface area contributed by atoms with Crippen LogP contribution in [-0.2, 0) is 0 Å². The van der Waals surface area contributed by atoms with Crippen molar-refractivity contribution in [1.82, 2.24) is 9.13 Å². The number of aromatic nitrogens is 2. The molecule has 0 aliphatic rings. The lowest BCUT2D eigenvalue weighted by molar-refractivity contribution is 0.603. The third kappa shape index (κ3) is 10.4. The second-order valence-electron chi connectivity index (χ2n) is 26.3. The molecule has 0 fully saturated rings. The first-order valence-electron chi connectivity index (χ1n) is 34.6. The fourth-order valence-electron chi connectivity index (χ4n) is 15.4. The van der Waals surface area contributed by atoms with Crippen LogP contribution in [0, 0.1) is 0 Å². The zero-order valence-electron chi connectivity index (χ0n) is 55.5. The Bertz CT molecular complexity index is 6420. The topological polar surface area (TPSA) is 36.1 Å². The van der Waals surface area contributed by atoms with Crippen molar-refractivity contribution < 1.29 is 8.83 Å². The molecule has 0 saturated carbocycles. The van der Waals surface area contributed by atoms with E-state index in [-0.39, 0.29) is 0 Å². The number of hydrogen-bond donors (Lipinski definition) is 0. The molecule has 4 heterocycles. The summed E-state index contributed by atoms with van der Waals surface area (Å²) in [5.74, 6) is 0.823. The minimum absolute atomic E-state index is 0.823. The highest BCUT2D eigenvalue weighted by Gasteiger charge is 2.19. The molecule has 0 amide bonds. The van der Waals surface area contributed by atoms with E-state index in [0.29, 0.717) is 0 Å². The number of nitrogens with zero attached hydrogens (tertiary/aromatic N) is 2. The minimum Gasteiger partial charge on any atom is -0.456 e. The van der Waals surface area contributed by atoms with Gasteiger partial charge in [-0.05, 0) is 234 Å². The molecule has 0 saturated heterocycles. The van der Waals surface area contributed by atoms with Crippen molar-refractivity contribution >= 4 is 88.7 Å². The van der Waals surface area contributed by atoms with Crippen molar-refractivity contribution in [2.45, 2.75) is 6.92 Å². The van der Waals surface area contributed by atoms with Gasteiger partial charge in [0, 0.05) is 54.6 Å². The van der Waals surface area contributed by atoms with Crippen molar-refractivity contribution in [3.8, 4) is 112 Å². The van der Waals surface area contributed by atoms with E-state index in [1.165, 1.54) is 60.3 Å². The molecule has 474 valence electrons. The van der Waals surface area contributed by atoms with Crippen LogP contribution in [0.1, 0.15) is 18.2 Å². The Labute approximate surface area is 585 Å². The van der Waals surface area contributed by atoms with Gasteiger partial charge in [0.2, 0.25) is 0 Å². The fourth-order valence-corrected chi connectivity index (χ4v) is 15.4. The van der Waals surface area contributed by atoms with Gasteiger partial charge < -0.3 is 18.0 Å². The van der Waals surface area contributed by atoms with Crippen molar-refractivity contribution in [2.24, 2.45) is 0 Å². The summed E-state index contributed by atoms with van der Waals surface area (Å²) < 4.78 is 17.2. The van der Waals surface area contributed by atoms with Crippen LogP contribution in [0.2, 0.25) is 0 Å². The number of furan rings is 2. The van der Waals surface area contributed by atoms with Crippen molar-refractivity contribution in [2.75, 3.05) is 0 Å². The predicted octanol–water partition coefficient (Wildman–Crippen LogP) is 27.2. The summed E-state index contributed by atoms with van der Waals surface area (Å²) in [4.78, 5) is 0. The first-order valence-corrected chi connectivity index (χ1v) is 34.6. The van der Waals surface area contributed by atoms with E-state index in [0.717, 1.165) is 139 Å². The lowest BCUT2D eigenvalue weighted by atomic mass is 9.91. The van der Waals surface area contributed by atoms with Crippen molar-refractivity contribution in [1.29, 1.82) is 0 Å². The Balaban J connectivity index is 0.640. The highest BCUT2D eigenvalue weighted by molar-refractivity contribution is 6.12. The second-order valence-corrected chi connectivity index (χ2v) is 26.3. The Hall–Kier alpha value is -13.3. The molecule has 0 spiro atoms. The van der Waals surface area contributed by atoms with Gasteiger partial charge in [-0.3, -0.25) is 0 Å². The summed E-state index contributed by atoms with van der Waals surface area (Å²) in [7, 11) is 0. The van der Waals surface area contributed by atoms with Gasteiger partial charge in [0.05, 0.1) is 22.1 Å². The summed E-state index contributed by atoms with van der Waals surface area (Å²) >= 11 is 0. The van der Waals surface area contributed by atoms with E-state index in [1.54, 1.807) is 0 Å². The summed E-state index contributed by atoms with van der Waals surface area (Å²) in [5.41, 5.74) is 31.4. The second kappa shape index (κ2) is 24.4. The van der Waals surface area contributed by atoms with Crippen LogP contribution >= 0.6 is 0 Å². The van der Waals surface area contributed by atoms with Gasteiger partial charge in [-0.2, -0.15) is 0 Å². The zero-order chi connectivity index (χ0) is 67.1. The molecule has 15 aromatic carbocycles. The lowest BCUT2D eigenvalue weighted by Gasteiger charge is -2.14. The average Bonchev–Trinajstić information content (AvgIpc) is 1.62. The summed E-state index contributed by atoms with van der Waals surface area (Å²) in [5, 5.41) is 8.25. The normalized spacial score (nSPS) is 11.8. The Morgan fingerprint density at radius 3 is 0.980 bits per heavy atom. The lowest BCUT2D eigenvalue weighted by Crippen LogP contribution is -1.94. The third-order valence-electron chi connectivity index (χ3n) is 20.5. The monoisotopic (exact) mass is 1290 g/mol. The summed E-state index contributed by atoms with van der Waals surface area (Å²) in [6.45, 7) is 6.12. The number of benzene rings is 15. The molecule has 0 N–H and O–H groups in total. The number of fused-ring (bicyclic) bond motifs is 10. The van der Waals surface area contributed by atoms with Crippen molar-refractivity contribution in [3.63, 3.8) is 0 Å². The van der Waals surface area contributed by atoms with Gasteiger partial charge in [0.1, 0.15) is 22.5 Å². The maximum atomic E-state index is 6.22. The molecule has 0 aliphatic heterocycles. The third-order valence-corrected chi connectivity index (χ3v) is 20.5. The number of hydrogen-bond acceptors (Lipinski definition) is 2. The predicted molar refractivity (Wildman–Crippen MR) is 426 cm³/mol. The fraction of sp³-hybridized carbons (Fsp3) is 0.0103. The maximum absolute atomic E-state index is 6.22. The van der Waals surface area contributed by atoms with E-state index in [2.05, 4.69) is 343 Å². The Morgan fingerprint density at radius 1 is 0.238 bits per heavy atom. The molecule has 101 heavy (non-hydrogen) atoms. The smallest absolute Gasteiger partial charge is 0.135 e. The first kappa shape index (κ1) is 59.0. The summed E-state index contributed by atoms with van der Waals surface area (Å²) in [6, 6.07) is 124. The van der Waals surface area contributed by atoms with E-state index >= 15 is 0 Å². The molecular weight excluding hydrogens is 1230 g/mol. The molecule has 4 heteroatoms. The highest BCUT2D eigenvalue weighted by atomic mass is 16.3. The van der Waals surface area contributed by atoms with Crippen LogP contribution in [0.4, 0.5) is 0 Å². The Morgan fingerprint density at radius 2 is 0.545 bits per heavy atom. The molecule has 0 unspecified atom stereocenters. The molecule has 4 nitrogen and oxygen atoms in total. The number of allylic oxidation sites excluding steroid dienone is 1. The van der Waals surface area contributed by atoms with Crippen LogP contribution < -0.4 is 0 Å². The van der Waals surface area contributed by atoms with Crippen LogP contribution in [-0.4, -0.2) is 9.13 Å². The quantitative estimate of drug-likeness (QED) is 0.115. The van der Waals surface area contributed by atoms with Crippen LogP contribution in [0.15, 0.2) is 361 Å². The summed E-state index contributed by atoms with van der Waals surface area (Å²) in [6.07, 6.45) is 5.89. The largest absolute Gasteiger partial charge is 0.456 e. The maximum Gasteiger partial charge on any atom is 0.135 e.